The van der Waals surface area contributed by atoms with Crippen molar-refractivity contribution in [2.24, 2.45) is 0 Å². The summed E-state index contributed by atoms with van der Waals surface area (Å²) in [5.74, 6) is -0.343. The van der Waals surface area contributed by atoms with E-state index in [4.69, 9.17) is 9.47 Å². The highest BCUT2D eigenvalue weighted by Gasteiger charge is 2.22. The summed E-state index contributed by atoms with van der Waals surface area (Å²) in [5, 5.41) is 1.80. The van der Waals surface area contributed by atoms with Gasteiger partial charge in [0.05, 0.1) is 13.2 Å². The predicted octanol–water partition coefficient (Wildman–Crippen LogP) is 3.84. The van der Waals surface area contributed by atoms with Crippen molar-refractivity contribution in [2.75, 3.05) is 19.8 Å². The Bertz CT molecular complexity index is 582. The van der Waals surface area contributed by atoms with Crippen LogP contribution in [0.5, 0.6) is 0 Å². The van der Waals surface area contributed by atoms with Gasteiger partial charge in [0, 0.05) is 22.6 Å². The summed E-state index contributed by atoms with van der Waals surface area (Å²) < 4.78 is 25.1. The van der Waals surface area contributed by atoms with Crippen LogP contribution >= 0.6 is 11.3 Å². The number of rotatable bonds is 8. The molecule has 0 fully saturated rings. The SMILES string of the molecule is CCOCCOC(c1ccccc1F)c1sccc1C=O. The maximum absolute atomic E-state index is 14.0. The first-order chi connectivity index (χ1) is 10.3. The van der Waals surface area contributed by atoms with E-state index in [0.29, 0.717) is 35.8 Å². The molecule has 0 saturated carbocycles. The van der Waals surface area contributed by atoms with Crippen molar-refractivity contribution in [3.8, 4) is 0 Å². The second kappa shape index (κ2) is 8.02. The maximum atomic E-state index is 14.0. The average Bonchev–Trinajstić information content (AvgIpc) is 2.97. The lowest BCUT2D eigenvalue weighted by molar-refractivity contribution is 0.0232. The fourth-order valence-electron chi connectivity index (χ4n) is 2.00. The summed E-state index contributed by atoms with van der Waals surface area (Å²) in [6, 6.07) is 8.17. The molecule has 21 heavy (non-hydrogen) atoms. The predicted molar refractivity (Wildman–Crippen MR) is 80.4 cm³/mol. The third kappa shape index (κ3) is 3.97. The van der Waals surface area contributed by atoms with E-state index in [2.05, 4.69) is 0 Å². The molecule has 0 aliphatic carbocycles. The van der Waals surface area contributed by atoms with Crippen molar-refractivity contribution in [2.45, 2.75) is 13.0 Å². The summed E-state index contributed by atoms with van der Waals surface area (Å²) >= 11 is 1.39. The highest BCUT2D eigenvalue weighted by Crippen LogP contribution is 2.33. The number of carbonyl (C=O) groups excluding carboxylic acids is 1. The Kier molecular flexibility index (Phi) is 6.04. The lowest BCUT2D eigenvalue weighted by atomic mass is 10.0. The Morgan fingerprint density at radius 1 is 1.29 bits per heavy atom. The first kappa shape index (κ1) is 15.8. The number of hydrogen-bond donors (Lipinski definition) is 0. The van der Waals surface area contributed by atoms with Gasteiger partial charge in [-0.1, -0.05) is 18.2 Å². The van der Waals surface area contributed by atoms with Gasteiger partial charge in [0.15, 0.2) is 6.29 Å². The first-order valence-corrected chi connectivity index (χ1v) is 7.62. The third-order valence-corrected chi connectivity index (χ3v) is 3.97. The molecule has 0 radical (unpaired) electrons. The molecule has 1 unspecified atom stereocenters. The first-order valence-electron chi connectivity index (χ1n) is 6.74. The van der Waals surface area contributed by atoms with Gasteiger partial charge >= 0.3 is 0 Å². The van der Waals surface area contributed by atoms with Crippen molar-refractivity contribution in [3.05, 3.63) is 57.5 Å². The van der Waals surface area contributed by atoms with Crippen molar-refractivity contribution < 1.29 is 18.7 Å². The van der Waals surface area contributed by atoms with Gasteiger partial charge in [-0.25, -0.2) is 4.39 Å². The Hall–Kier alpha value is -1.56. The fraction of sp³-hybridized carbons (Fsp3) is 0.312. The molecule has 0 aliphatic heterocycles. The molecule has 0 saturated heterocycles. The lowest BCUT2D eigenvalue weighted by Gasteiger charge is -2.18. The van der Waals surface area contributed by atoms with Crippen molar-refractivity contribution >= 4 is 17.6 Å². The van der Waals surface area contributed by atoms with Gasteiger partial charge in [-0.3, -0.25) is 4.79 Å². The van der Waals surface area contributed by atoms with E-state index in [9.17, 15) is 9.18 Å². The van der Waals surface area contributed by atoms with Gasteiger partial charge in [0.2, 0.25) is 0 Å². The molecule has 1 atom stereocenters. The van der Waals surface area contributed by atoms with E-state index >= 15 is 0 Å². The molecule has 1 heterocycles. The monoisotopic (exact) mass is 308 g/mol. The van der Waals surface area contributed by atoms with Gasteiger partial charge in [0.1, 0.15) is 11.9 Å². The van der Waals surface area contributed by atoms with Gasteiger partial charge in [-0.15, -0.1) is 11.3 Å². The van der Waals surface area contributed by atoms with Crippen LogP contribution in [-0.4, -0.2) is 26.1 Å². The zero-order valence-corrected chi connectivity index (χ0v) is 12.6. The van der Waals surface area contributed by atoms with Crippen LogP contribution in [0.25, 0.3) is 0 Å². The molecule has 2 aromatic rings. The van der Waals surface area contributed by atoms with Crippen LogP contribution < -0.4 is 0 Å². The molecule has 112 valence electrons. The number of benzene rings is 1. The molecule has 0 N–H and O–H groups in total. The van der Waals surface area contributed by atoms with Crippen LogP contribution in [-0.2, 0) is 9.47 Å². The number of carbonyl (C=O) groups is 1. The molecule has 0 spiro atoms. The number of thiophene rings is 1. The van der Waals surface area contributed by atoms with Crippen molar-refractivity contribution in [3.63, 3.8) is 0 Å². The molecule has 5 heteroatoms. The molecular weight excluding hydrogens is 291 g/mol. The fourth-order valence-corrected chi connectivity index (χ4v) is 2.94. The smallest absolute Gasteiger partial charge is 0.151 e. The summed E-state index contributed by atoms with van der Waals surface area (Å²) in [6.07, 6.45) is 0.179. The summed E-state index contributed by atoms with van der Waals surface area (Å²) in [4.78, 5) is 11.8. The van der Waals surface area contributed by atoms with E-state index in [-0.39, 0.29) is 5.82 Å². The normalized spacial score (nSPS) is 12.3. The number of aldehydes is 1. The Balaban J connectivity index is 2.26. The number of hydrogen-bond acceptors (Lipinski definition) is 4. The summed E-state index contributed by atoms with van der Waals surface area (Å²) in [6.45, 7) is 3.27. The summed E-state index contributed by atoms with van der Waals surface area (Å²) in [5.41, 5.74) is 0.962. The minimum atomic E-state index is -0.591. The minimum Gasteiger partial charge on any atom is -0.379 e. The quantitative estimate of drug-likeness (QED) is 0.549. The van der Waals surface area contributed by atoms with E-state index in [1.807, 2.05) is 6.92 Å². The van der Waals surface area contributed by atoms with Crippen LogP contribution in [0.15, 0.2) is 35.7 Å². The largest absolute Gasteiger partial charge is 0.379 e. The second-order valence-electron chi connectivity index (χ2n) is 4.33. The van der Waals surface area contributed by atoms with Crippen LogP contribution in [0.3, 0.4) is 0 Å². The standard InChI is InChI=1S/C16H17FO3S/c1-2-19-8-9-20-15(13-5-3-4-6-14(13)17)16-12(11-18)7-10-21-16/h3-7,10-11,15H,2,8-9H2,1H3. The molecule has 0 amide bonds. The molecule has 0 aliphatic rings. The molecule has 3 nitrogen and oxygen atoms in total. The van der Waals surface area contributed by atoms with Gasteiger partial charge in [-0.2, -0.15) is 0 Å². The summed E-state index contributed by atoms with van der Waals surface area (Å²) in [7, 11) is 0. The van der Waals surface area contributed by atoms with Crippen LogP contribution in [0, 0.1) is 5.82 Å². The molecule has 2 rings (SSSR count). The number of ether oxygens (including phenoxy) is 2. The highest BCUT2D eigenvalue weighted by molar-refractivity contribution is 7.10. The van der Waals surface area contributed by atoms with Crippen LogP contribution in [0.2, 0.25) is 0 Å². The van der Waals surface area contributed by atoms with Crippen molar-refractivity contribution in [1.82, 2.24) is 0 Å². The zero-order valence-electron chi connectivity index (χ0n) is 11.8. The lowest BCUT2D eigenvalue weighted by Crippen LogP contribution is -2.12. The van der Waals surface area contributed by atoms with E-state index in [1.165, 1.54) is 17.4 Å². The third-order valence-electron chi connectivity index (χ3n) is 3.00. The molecule has 1 aromatic carbocycles. The van der Waals surface area contributed by atoms with E-state index < -0.39 is 6.10 Å². The minimum absolute atomic E-state index is 0.336. The maximum Gasteiger partial charge on any atom is 0.151 e. The molecule has 1 aromatic heterocycles. The molecular formula is C16H17FO3S. The van der Waals surface area contributed by atoms with Crippen LogP contribution in [0.4, 0.5) is 4.39 Å². The molecule has 0 bridgehead atoms. The highest BCUT2D eigenvalue weighted by atomic mass is 32.1. The zero-order chi connectivity index (χ0) is 15.1. The van der Waals surface area contributed by atoms with Gasteiger partial charge in [0.25, 0.3) is 0 Å². The topological polar surface area (TPSA) is 35.5 Å². The Morgan fingerprint density at radius 2 is 2.10 bits per heavy atom. The Morgan fingerprint density at radius 3 is 2.81 bits per heavy atom. The number of halogens is 1. The van der Waals surface area contributed by atoms with E-state index in [1.54, 1.807) is 29.6 Å². The second-order valence-corrected chi connectivity index (χ2v) is 5.28. The average molecular weight is 308 g/mol. The Labute approximate surface area is 127 Å². The van der Waals surface area contributed by atoms with E-state index in [0.717, 1.165) is 6.29 Å². The van der Waals surface area contributed by atoms with Gasteiger partial charge in [-0.05, 0) is 24.4 Å². The van der Waals surface area contributed by atoms with Crippen molar-refractivity contribution in [1.29, 1.82) is 0 Å². The van der Waals surface area contributed by atoms with Gasteiger partial charge < -0.3 is 9.47 Å². The van der Waals surface area contributed by atoms with Crippen LogP contribution in [0.1, 0.15) is 33.8 Å².